The summed E-state index contributed by atoms with van der Waals surface area (Å²) in [6.45, 7) is 4.62. The highest BCUT2D eigenvalue weighted by Gasteiger charge is 2.39. The Balaban J connectivity index is 2.17. The minimum atomic E-state index is 0.328. The second-order valence-corrected chi connectivity index (χ2v) is 5.03. The van der Waals surface area contributed by atoms with E-state index in [0.717, 1.165) is 6.42 Å². The van der Waals surface area contributed by atoms with Crippen LogP contribution in [0.1, 0.15) is 33.1 Å². The smallest absolute Gasteiger partial charge is 0.155 e. The van der Waals surface area contributed by atoms with Crippen LogP contribution in [-0.2, 0) is 4.79 Å². The van der Waals surface area contributed by atoms with E-state index in [4.69, 9.17) is 0 Å². The number of carbonyl (C=O) groups is 1. The van der Waals surface area contributed by atoms with Gasteiger partial charge in [0.05, 0.1) is 0 Å². The summed E-state index contributed by atoms with van der Waals surface area (Å²) in [6, 6.07) is 0. The van der Waals surface area contributed by atoms with Crippen molar-refractivity contribution in [1.82, 2.24) is 0 Å². The van der Waals surface area contributed by atoms with Gasteiger partial charge in [0.25, 0.3) is 0 Å². The molecule has 0 amide bonds. The Kier molecular flexibility index (Phi) is 1.64. The summed E-state index contributed by atoms with van der Waals surface area (Å²) in [4.78, 5) is 11.1. The van der Waals surface area contributed by atoms with Gasteiger partial charge in [-0.25, -0.2) is 0 Å². The first-order valence-corrected chi connectivity index (χ1v) is 4.78. The summed E-state index contributed by atoms with van der Waals surface area (Å²) in [7, 11) is 0. The Labute approximate surface area is 73.8 Å². The third-order valence-corrected chi connectivity index (χ3v) is 3.20. The summed E-state index contributed by atoms with van der Waals surface area (Å²) in [6.07, 6.45) is 7.20. The number of fused-ring (bicyclic) bond motifs is 1. The van der Waals surface area contributed by atoms with E-state index < -0.39 is 0 Å². The predicted molar refractivity (Wildman–Crippen MR) is 48.8 cm³/mol. The first-order valence-electron chi connectivity index (χ1n) is 4.78. The third-order valence-electron chi connectivity index (χ3n) is 3.20. The molecule has 2 rings (SSSR count). The van der Waals surface area contributed by atoms with Gasteiger partial charge in [0.1, 0.15) is 0 Å². The zero-order valence-electron chi connectivity index (χ0n) is 7.84. The Hall–Kier alpha value is -0.590. The zero-order chi connectivity index (χ0) is 8.77. The fourth-order valence-corrected chi connectivity index (χ4v) is 2.76. The molecule has 0 aliphatic heterocycles. The molecule has 66 valence electrons. The van der Waals surface area contributed by atoms with Crippen LogP contribution >= 0.6 is 0 Å². The van der Waals surface area contributed by atoms with Crippen LogP contribution in [0.25, 0.3) is 0 Å². The number of rotatable bonds is 0. The van der Waals surface area contributed by atoms with Crippen molar-refractivity contribution < 1.29 is 4.79 Å². The second kappa shape index (κ2) is 2.45. The Morgan fingerprint density at radius 1 is 1.42 bits per heavy atom. The highest BCUT2D eigenvalue weighted by atomic mass is 16.1. The van der Waals surface area contributed by atoms with Crippen molar-refractivity contribution in [2.24, 2.45) is 17.3 Å². The SMILES string of the molecule is CC1(C)C[C@@H]2CC(=O)C=C[C@H]2C1. The fraction of sp³-hybridized carbons (Fsp3) is 0.727. The van der Waals surface area contributed by atoms with E-state index in [9.17, 15) is 4.79 Å². The maximum absolute atomic E-state index is 11.1. The molecule has 0 spiro atoms. The molecule has 1 nitrogen and oxygen atoms in total. The molecular formula is C11H16O. The predicted octanol–water partition coefficient (Wildman–Crippen LogP) is 2.57. The number of hydrogen-bond acceptors (Lipinski definition) is 1. The normalized spacial score (nSPS) is 38.3. The summed E-state index contributed by atoms with van der Waals surface area (Å²) < 4.78 is 0. The summed E-state index contributed by atoms with van der Waals surface area (Å²) >= 11 is 0. The quantitative estimate of drug-likeness (QED) is 0.537. The van der Waals surface area contributed by atoms with Gasteiger partial charge in [0.15, 0.2) is 5.78 Å². The number of allylic oxidation sites excluding steroid dienone is 2. The van der Waals surface area contributed by atoms with Gasteiger partial charge in [-0.1, -0.05) is 19.9 Å². The molecule has 0 radical (unpaired) electrons. The molecule has 0 N–H and O–H groups in total. The van der Waals surface area contributed by atoms with Crippen LogP contribution in [-0.4, -0.2) is 5.78 Å². The monoisotopic (exact) mass is 164 g/mol. The lowest BCUT2D eigenvalue weighted by Gasteiger charge is -2.18. The van der Waals surface area contributed by atoms with Crippen molar-refractivity contribution in [2.45, 2.75) is 33.1 Å². The molecule has 0 saturated heterocycles. The molecule has 0 aromatic heterocycles. The molecule has 0 heterocycles. The largest absolute Gasteiger partial charge is 0.295 e. The molecule has 2 aliphatic rings. The summed E-state index contributed by atoms with van der Waals surface area (Å²) in [5, 5.41) is 0. The van der Waals surface area contributed by atoms with Crippen molar-refractivity contribution in [3.8, 4) is 0 Å². The zero-order valence-corrected chi connectivity index (χ0v) is 7.84. The second-order valence-electron chi connectivity index (χ2n) is 5.03. The van der Waals surface area contributed by atoms with E-state index in [0.29, 0.717) is 23.0 Å². The van der Waals surface area contributed by atoms with Gasteiger partial charge in [-0.3, -0.25) is 4.79 Å². The Bertz CT molecular complexity index is 237. The minimum absolute atomic E-state index is 0.328. The van der Waals surface area contributed by atoms with Gasteiger partial charge in [0, 0.05) is 6.42 Å². The molecule has 2 aliphatic carbocycles. The first-order chi connectivity index (χ1) is 5.57. The first kappa shape index (κ1) is 8.03. The van der Waals surface area contributed by atoms with E-state index in [2.05, 4.69) is 19.9 Å². The molecule has 0 aromatic rings. The number of ketones is 1. The standard InChI is InChI=1S/C11H16O/c1-11(2)6-8-3-4-10(12)5-9(8)7-11/h3-4,8-9H,5-7H2,1-2H3/t8-,9-/m0/s1. The highest BCUT2D eigenvalue weighted by Crippen LogP contribution is 2.48. The van der Waals surface area contributed by atoms with Crippen LogP contribution in [0, 0.1) is 17.3 Å². The molecular weight excluding hydrogens is 148 g/mol. The Morgan fingerprint density at radius 2 is 2.17 bits per heavy atom. The van der Waals surface area contributed by atoms with Crippen molar-refractivity contribution in [3.05, 3.63) is 12.2 Å². The van der Waals surface area contributed by atoms with Crippen LogP contribution in [0.15, 0.2) is 12.2 Å². The van der Waals surface area contributed by atoms with Crippen molar-refractivity contribution in [3.63, 3.8) is 0 Å². The van der Waals surface area contributed by atoms with Gasteiger partial charge < -0.3 is 0 Å². The van der Waals surface area contributed by atoms with Crippen LogP contribution in [0.5, 0.6) is 0 Å². The van der Waals surface area contributed by atoms with Crippen LogP contribution < -0.4 is 0 Å². The van der Waals surface area contributed by atoms with Crippen molar-refractivity contribution >= 4 is 5.78 Å². The molecule has 0 unspecified atom stereocenters. The van der Waals surface area contributed by atoms with Gasteiger partial charge in [-0.2, -0.15) is 0 Å². The lowest BCUT2D eigenvalue weighted by atomic mass is 9.86. The molecule has 1 fully saturated rings. The maximum Gasteiger partial charge on any atom is 0.155 e. The lowest BCUT2D eigenvalue weighted by molar-refractivity contribution is -0.116. The van der Waals surface area contributed by atoms with Gasteiger partial charge >= 0.3 is 0 Å². The molecule has 0 bridgehead atoms. The van der Waals surface area contributed by atoms with Crippen molar-refractivity contribution in [2.75, 3.05) is 0 Å². The minimum Gasteiger partial charge on any atom is -0.295 e. The van der Waals surface area contributed by atoms with Gasteiger partial charge in [0.2, 0.25) is 0 Å². The molecule has 2 atom stereocenters. The van der Waals surface area contributed by atoms with Gasteiger partial charge in [-0.15, -0.1) is 0 Å². The topological polar surface area (TPSA) is 17.1 Å². The van der Waals surface area contributed by atoms with Crippen molar-refractivity contribution in [1.29, 1.82) is 0 Å². The Morgan fingerprint density at radius 3 is 2.92 bits per heavy atom. The average molecular weight is 164 g/mol. The van der Waals surface area contributed by atoms with Crippen LogP contribution in [0.2, 0.25) is 0 Å². The highest BCUT2D eigenvalue weighted by molar-refractivity contribution is 5.90. The molecule has 1 saturated carbocycles. The maximum atomic E-state index is 11.1. The molecule has 1 heteroatoms. The van der Waals surface area contributed by atoms with Crippen LogP contribution in [0.3, 0.4) is 0 Å². The van der Waals surface area contributed by atoms with E-state index in [1.807, 2.05) is 0 Å². The third kappa shape index (κ3) is 1.33. The summed E-state index contributed by atoms with van der Waals surface area (Å²) in [5.74, 6) is 1.67. The van der Waals surface area contributed by atoms with Crippen LogP contribution in [0.4, 0.5) is 0 Å². The number of hydrogen-bond donors (Lipinski definition) is 0. The number of carbonyl (C=O) groups excluding carboxylic acids is 1. The van der Waals surface area contributed by atoms with Gasteiger partial charge in [-0.05, 0) is 36.2 Å². The average Bonchev–Trinajstić information content (AvgIpc) is 2.21. The molecule has 12 heavy (non-hydrogen) atoms. The molecule has 0 aromatic carbocycles. The lowest BCUT2D eigenvalue weighted by Crippen LogP contribution is -2.14. The fourth-order valence-electron chi connectivity index (χ4n) is 2.76. The van der Waals surface area contributed by atoms with E-state index in [1.54, 1.807) is 6.08 Å². The van der Waals surface area contributed by atoms with E-state index in [-0.39, 0.29) is 0 Å². The summed E-state index contributed by atoms with van der Waals surface area (Å²) in [5.41, 5.74) is 0.463. The van der Waals surface area contributed by atoms with E-state index in [1.165, 1.54) is 12.8 Å². The van der Waals surface area contributed by atoms with E-state index >= 15 is 0 Å².